The lowest BCUT2D eigenvalue weighted by Gasteiger charge is -2.22. The number of likely N-dealkylation sites (N-methyl/N-ethyl adjacent to an activating group) is 1. The van der Waals surface area contributed by atoms with Crippen LogP contribution < -0.4 is 0 Å². The van der Waals surface area contributed by atoms with Crippen molar-refractivity contribution in [2.24, 2.45) is 0 Å². The zero-order valence-electron chi connectivity index (χ0n) is 22.2. The third-order valence-electron chi connectivity index (χ3n) is 2.70. The van der Waals surface area contributed by atoms with E-state index in [4.69, 9.17) is 19.8 Å². The highest BCUT2D eigenvalue weighted by Crippen LogP contribution is 2.28. The number of nitrogens with zero attached hydrogens (tertiary/aromatic N) is 1. The van der Waals surface area contributed by atoms with Crippen molar-refractivity contribution in [2.75, 3.05) is 27.1 Å². The van der Waals surface area contributed by atoms with Crippen LogP contribution >= 0.6 is 0 Å². The summed E-state index contributed by atoms with van der Waals surface area (Å²) >= 11 is 0. The van der Waals surface area contributed by atoms with Gasteiger partial charge in [-0.1, -0.05) is 54.5 Å². The molecule has 0 saturated heterocycles. The SMILES string of the molecule is [2H]c1c([2H])c([2H])c(C([2H])(OCCN(C([2H])([2H])[2H])C([2H])([2H])[2H])c2ccccc2)c(C)c1[2H]. The van der Waals surface area contributed by atoms with Crippen molar-refractivity contribution in [1.29, 1.82) is 0 Å². The quantitative estimate of drug-likeness (QED) is 0.800. The fourth-order valence-corrected chi connectivity index (χ4v) is 1.73. The summed E-state index contributed by atoms with van der Waals surface area (Å²) in [7, 11) is 0. The lowest BCUT2D eigenvalue weighted by atomic mass is 9.97. The summed E-state index contributed by atoms with van der Waals surface area (Å²) in [6.07, 6.45) is -2.13. The van der Waals surface area contributed by atoms with Gasteiger partial charge in [0.2, 0.25) is 0 Å². The van der Waals surface area contributed by atoms with Crippen molar-refractivity contribution in [3.63, 3.8) is 0 Å². The van der Waals surface area contributed by atoms with Crippen molar-refractivity contribution < 1.29 is 19.8 Å². The fraction of sp³-hybridized carbons (Fsp3) is 0.333. The molecular formula is C18H23NO. The standard InChI is InChI=1S/C18H23NO/c1-15-9-7-8-12-17(15)18(20-14-13-19(2)3)16-10-5-4-6-11-16/h4-12,18H,13-14H2,1-3H3/i2D3,3D3,7D,8D,9D,12D,18D. The first-order chi connectivity index (χ1) is 14.1. The molecule has 1 unspecified atom stereocenters. The van der Waals surface area contributed by atoms with Crippen molar-refractivity contribution in [3.8, 4) is 0 Å². The minimum atomic E-state index is -2.92. The van der Waals surface area contributed by atoms with E-state index in [0.29, 0.717) is 4.90 Å². The zero-order valence-corrected chi connectivity index (χ0v) is 11.2. The van der Waals surface area contributed by atoms with Gasteiger partial charge in [0.15, 0.2) is 0 Å². The van der Waals surface area contributed by atoms with Crippen LogP contribution in [-0.4, -0.2) is 32.0 Å². The Morgan fingerprint density at radius 2 is 2.00 bits per heavy atom. The first kappa shape index (κ1) is 6.00. The van der Waals surface area contributed by atoms with Gasteiger partial charge >= 0.3 is 0 Å². The molecule has 2 rings (SSSR count). The summed E-state index contributed by atoms with van der Waals surface area (Å²) in [4.78, 5) is 0.304. The van der Waals surface area contributed by atoms with Crippen LogP contribution in [0.2, 0.25) is 0 Å². The highest BCUT2D eigenvalue weighted by molar-refractivity contribution is 5.35. The number of ether oxygens (including phenoxy) is 1. The van der Waals surface area contributed by atoms with Gasteiger partial charge in [-0.15, -0.1) is 0 Å². The molecule has 0 amide bonds. The Bertz CT molecular complexity index is 884. The van der Waals surface area contributed by atoms with E-state index < -0.39 is 51.3 Å². The molecule has 0 aliphatic rings. The van der Waals surface area contributed by atoms with E-state index in [1.807, 2.05) is 0 Å². The topological polar surface area (TPSA) is 12.5 Å². The molecule has 20 heavy (non-hydrogen) atoms. The van der Waals surface area contributed by atoms with E-state index >= 15 is 0 Å². The Hall–Kier alpha value is -1.64. The fourth-order valence-electron chi connectivity index (χ4n) is 1.73. The van der Waals surface area contributed by atoms with Gasteiger partial charge < -0.3 is 9.64 Å². The largest absolute Gasteiger partial charge is 0.367 e. The maximum atomic E-state index is 9.03. The van der Waals surface area contributed by atoms with E-state index in [1.54, 1.807) is 30.3 Å². The normalized spacial score (nSPS) is 23.4. The second kappa shape index (κ2) is 7.22. The van der Waals surface area contributed by atoms with Crippen LogP contribution in [0.4, 0.5) is 0 Å². The van der Waals surface area contributed by atoms with Crippen LogP contribution in [0.15, 0.2) is 54.5 Å². The Morgan fingerprint density at radius 1 is 1.25 bits per heavy atom. The summed E-state index contributed by atoms with van der Waals surface area (Å²) in [6.45, 7) is -5.43. The number of benzene rings is 2. The lowest BCUT2D eigenvalue weighted by Crippen LogP contribution is -2.20. The summed E-state index contributed by atoms with van der Waals surface area (Å²) in [5.74, 6) is 0. The monoisotopic (exact) mass is 280 g/mol. The molecule has 0 bridgehead atoms. The average Bonchev–Trinajstić information content (AvgIpc) is 2.67. The molecule has 0 saturated carbocycles. The van der Waals surface area contributed by atoms with Crippen LogP contribution in [0.5, 0.6) is 0 Å². The molecule has 2 heteroatoms. The van der Waals surface area contributed by atoms with Crippen LogP contribution in [0.3, 0.4) is 0 Å². The highest BCUT2D eigenvalue weighted by Gasteiger charge is 2.16. The predicted octanol–water partition coefficient (Wildman–Crippen LogP) is 3.66. The minimum absolute atomic E-state index is 0.105. The first-order valence-electron chi connectivity index (χ1n) is 11.7. The van der Waals surface area contributed by atoms with Gasteiger partial charge in [0, 0.05) is 14.8 Å². The molecule has 0 spiro atoms. The van der Waals surface area contributed by atoms with Gasteiger partial charge in [-0.2, -0.15) is 0 Å². The molecule has 0 fully saturated rings. The maximum absolute atomic E-state index is 9.03. The molecule has 0 aliphatic heterocycles. The van der Waals surface area contributed by atoms with Crippen molar-refractivity contribution in [2.45, 2.75) is 13.0 Å². The molecule has 0 radical (unpaired) electrons. The lowest BCUT2D eigenvalue weighted by molar-refractivity contribution is 0.0683. The highest BCUT2D eigenvalue weighted by atomic mass is 16.5. The molecule has 0 heterocycles. The Labute approximate surface area is 137 Å². The molecule has 2 aromatic carbocycles. The molecular weight excluding hydrogens is 246 g/mol. The van der Waals surface area contributed by atoms with Crippen LogP contribution in [0, 0.1) is 6.92 Å². The summed E-state index contributed by atoms with van der Waals surface area (Å²) in [6, 6.07) is 6.27. The number of hydrogen-bond donors (Lipinski definition) is 0. The zero-order chi connectivity index (χ0) is 23.8. The van der Waals surface area contributed by atoms with E-state index in [1.165, 1.54) is 6.92 Å². The summed E-state index contributed by atoms with van der Waals surface area (Å²) < 4.78 is 91.7. The van der Waals surface area contributed by atoms with Crippen molar-refractivity contribution >= 4 is 0 Å². The van der Waals surface area contributed by atoms with E-state index in [-0.39, 0.29) is 22.7 Å². The Balaban J connectivity index is 2.54. The molecule has 0 aliphatic carbocycles. The molecule has 106 valence electrons. The minimum Gasteiger partial charge on any atom is -0.367 e. The van der Waals surface area contributed by atoms with Crippen LogP contribution in [-0.2, 0) is 4.74 Å². The summed E-state index contributed by atoms with van der Waals surface area (Å²) in [5, 5.41) is 0. The van der Waals surface area contributed by atoms with Gasteiger partial charge in [-0.05, 0) is 37.6 Å². The molecule has 0 aromatic heterocycles. The van der Waals surface area contributed by atoms with Crippen molar-refractivity contribution in [1.82, 2.24) is 4.90 Å². The van der Waals surface area contributed by atoms with E-state index in [9.17, 15) is 0 Å². The van der Waals surface area contributed by atoms with E-state index in [0.717, 1.165) is 0 Å². The maximum Gasteiger partial charge on any atom is 0.108 e. The smallest absolute Gasteiger partial charge is 0.108 e. The predicted molar refractivity (Wildman–Crippen MR) is 84.0 cm³/mol. The third-order valence-corrected chi connectivity index (χ3v) is 2.70. The van der Waals surface area contributed by atoms with Gasteiger partial charge in [-0.25, -0.2) is 0 Å². The molecule has 2 aromatic rings. The first-order valence-corrected chi connectivity index (χ1v) is 6.17. The van der Waals surface area contributed by atoms with Gasteiger partial charge in [0.1, 0.15) is 6.08 Å². The van der Waals surface area contributed by atoms with E-state index in [2.05, 4.69) is 0 Å². The number of hydrogen-bond acceptors (Lipinski definition) is 2. The van der Waals surface area contributed by atoms with Gasteiger partial charge in [0.25, 0.3) is 0 Å². The second-order valence-electron chi connectivity index (χ2n) is 4.20. The Kier molecular flexibility index (Phi) is 2.17. The van der Waals surface area contributed by atoms with Gasteiger partial charge in [0.05, 0.1) is 13.5 Å². The Morgan fingerprint density at radius 3 is 2.75 bits per heavy atom. The molecule has 1 atom stereocenters. The summed E-state index contributed by atoms with van der Waals surface area (Å²) in [5.41, 5.74) is 0.227. The van der Waals surface area contributed by atoms with Gasteiger partial charge in [-0.3, -0.25) is 0 Å². The van der Waals surface area contributed by atoms with Crippen LogP contribution in [0.25, 0.3) is 0 Å². The molecule has 2 nitrogen and oxygen atoms in total. The molecule has 0 N–H and O–H groups in total. The van der Waals surface area contributed by atoms with Crippen molar-refractivity contribution in [3.05, 3.63) is 71.2 Å². The second-order valence-corrected chi connectivity index (χ2v) is 4.20. The average molecular weight is 280 g/mol. The number of rotatable bonds is 6. The van der Waals surface area contributed by atoms with Crippen LogP contribution in [0.1, 0.15) is 37.8 Å². The third kappa shape index (κ3) is 3.92.